The number of likely N-dealkylation sites (tertiary alicyclic amines) is 1. The maximum absolute atomic E-state index is 14.2. The number of nitrogens with zero attached hydrogens (tertiary/aromatic N) is 3. The zero-order chi connectivity index (χ0) is 23.8. The van der Waals surface area contributed by atoms with Crippen molar-refractivity contribution < 1.29 is 36.3 Å². The van der Waals surface area contributed by atoms with Gasteiger partial charge in [0.1, 0.15) is 17.7 Å². The summed E-state index contributed by atoms with van der Waals surface area (Å²) in [7, 11) is -3.53. The van der Waals surface area contributed by atoms with Gasteiger partial charge in [-0.1, -0.05) is 11.2 Å². The third kappa shape index (κ3) is 5.44. The Bertz CT molecular complexity index is 1040. The molecule has 4 rings (SSSR count). The zero-order valence-corrected chi connectivity index (χ0v) is 19.6. The van der Waals surface area contributed by atoms with Crippen molar-refractivity contribution in [2.24, 2.45) is 11.8 Å². The minimum Gasteiger partial charge on any atom is -0.447 e. The van der Waals surface area contributed by atoms with Crippen molar-refractivity contribution in [1.29, 1.82) is 0 Å². The quantitative estimate of drug-likeness (QED) is 0.596. The van der Waals surface area contributed by atoms with E-state index in [2.05, 4.69) is 10.1 Å². The van der Waals surface area contributed by atoms with E-state index < -0.39 is 20.9 Å². The fourth-order valence-corrected chi connectivity index (χ4v) is 5.30. The number of carbonyl (C=O) groups is 1. The summed E-state index contributed by atoms with van der Waals surface area (Å²) in [6, 6.07) is 0. The Hall–Kier alpha value is -2.31. The Kier molecular flexibility index (Phi) is 6.87. The van der Waals surface area contributed by atoms with Crippen LogP contribution in [0.25, 0.3) is 5.57 Å². The molecule has 3 atom stereocenters. The SMILES string of the molecule is CC(C)OC(=O)N1CC2COCC(C1)C2OCc1nc(C2=CCC(S(C)(=O)=O)C(F)=C2)no1. The summed E-state index contributed by atoms with van der Waals surface area (Å²) in [4.78, 5) is 18.3. The number of carbonyl (C=O) groups excluding carboxylic acids is 1. The highest BCUT2D eigenvalue weighted by atomic mass is 32.2. The highest BCUT2D eigenvalue weighted by Crippen LogP contribution is 2.32. The molecule has 0 N–H and O–H groups in total. The van der Waals surface area contributed by atoms with Gasteiger partial charge in [0.05, 0.1) is 25.4 Å². The number of fused-ring (bicyclic) bond motifs is 2. The molecule has 1 aromatic rings. The van der Waals surface area contributed by atoms with E-state index >= 15 is 0 Å². The molecule has 3 heterocycles. The smallest absolute Gasteiger partial charge is 0.410 e. The first-order valence-electron chi connectivity index (χ1n) is 10.9. The van der Waals surface area contributed by atoms with E-state index in [1.807, 2.05) is 13.8 Å². The van der Waals surface area contributed by atoms with E-state index in [0.717, 1.165) is 12.3 Å². The molecule has 3 aliphatic rings. The number of rotatable bonds is 6. The summed E-state index contributed by atoms with van der Waals surface area (Å²) in [5.74, 6) is -0.361. The third-order valence-electron chi connectivity index (χ3n) is 5.89. The Morgan fingerprint density at radius 2 is 2.00 bits per heavy atom. The lowest BCUT2D eigenvalue weighted by Crippen LogP contribution is -2.57. The number of hydrogen-bond acceptors (Lipinski definition) is 9. The van der Waals surface area contributed by atoms with Crippen molar-refractivity contribution in [2.75, 3.05) is 32.6 Å². The molecule has 1 amide bonds. The first-order chi connectivity index (χ1) is 15.6. The molecule has 33 heavy (non-hydrogen) atoms. The molecule has 2 saturated heterocycles. The van der Waals surface area contributed by atoms with Crippen LogP contribution in [0, 0.1) is 11.8 Å². The van der Waals surface area contributed by atoms with Gasteiger partial charge in [0, 0.05) is 36.8 Å². The van der Waals surface area contributed by atoms with Crippen LogP contribution in [-0.4, -0.2) is 79.6 Å². The van der Waals surface area contributed by atoms with E-state index in [-0.39, 0.29) is 54.9 Å². The zero-order valence-electron chi connectivity index (χ0n) is 18.8. The average Bonchev–Trinajstić information content (AvgIpc) is 3.19. The number of piperidine rings is 1. The van der Waals surface area contributed by atoms with Crippen LogP contribution in [0.1, 0.15) is 32.0 Å². The Morgan fingerprint density at radius 1 is 1.30 bits per heavy atom. The molecular weight excluding hydrogens is 457 g/mol. The number of halogens is 1. The van der Waals surface area contributed by atoms with Gasteiger partial charge in [-0.15, -0.1) is 0 Å². The van der Waals surface area contributed by atoms with Gasteiger partial charge in [-0.25, -0.2) is 17.6 Å². The van der Waals surface area contributed by atoms with Gasteiger partial charge in [0.15, 0.2) is 9.84 Å². The molecule has 2 fully saturated rings. The van der Waals surface area contributed by atoms with Crippen LogP contribution in [0.3, 0.4) is 0 Å². The van der Waals surface area contributed by atoms with Crippen molar-refractivity contribution in [3.63, 3.8) is 0 Å². The van der Waals surface area contributed by atoms with Crippen LogP contribution in [0.5, 0.6) is 0 Å². The van der Waals surface area contributed by atoms with E-state index in [9.17, 15) is 17.6 Å². The van der Waals surface area contributed by atoms with Gasteiger partial charge in [-0.2, -0.15) is 4.98 Å². The predicted molar refractivity (Wildman–Crippen MR) is 114 cm³/mol. The fourth-order valence-electron chi connectivity index (χ4n) is 4.38. The molecule has 0 saturated carbocycles. The highest BCUT2D eigenvalue weighted by Gasteiger charge is 2.43. The number of ether oxygens (including phenoxy) is 3. The van der Waals surface area contributed by atoms with Gasteiger partial charge < -0.3 is 23.6 Å². The largest absolute Gasteiger partial charge is 0.447 e. The lowest BCUT2D eigenvalue weighted by molar-refractivity contribution is -0.153. The van der Waals surface area contributed by atoms with Gasteiger partial charge in [-0.05, 0) is 26.3 Å². The Morgan fingerprint density at radius 3 is 2.61 bits per heavy atom. The first kappa shape index (κ1) is 23.8. The Labute approximate surface area is 191 Å². The van der Waals surface area contributed by atoms with Crippen LogP contribution >= 0.6 is 0 Å². The topological polar surface area (TPSA) is 121 Å². The molecule has 2 aliphatic heterocycles. The molecule has 1 aromatic heterocycles. The molecule has 10 nitrogen and oxygen atoms in total. The van der Waals surface area contributed by atoms with E-state index in [1.165, 1.54) is 0 Å². The van der Waals surface area contributed by atoms with Crippen molar-refractivity contribution in [1.82, 2.24) is 15.0 Å². The summed E-state index contributed by atoms with van der Waals surface area (Å²) in [6.45, 7) is 5.58. The standard InChI is InChI=1S/C21H28FN3O7S/c1-12(2)31-21(26)25-7-14-9-29-10-15(8-25)19(14)30-11-18-23-20(24-32-18)13-4-5-17(16(22)6-13)33(3,27)28/h4,6,12,14-15,17,19H,5,7-11H2,1-3H3. The molecule has 0 aromatic carbocycles. The number of allylic oxidation sites excluding steroid dienone is 3. The second kappa shape index (κ2) is 9.51. The van der Waals surface area contributed by atoms with Crippen molar-refractivity contribution in [3.05, 3.63) is 29.7 Å². The molecule has 12 heteroatoms. The summed E-state index contributed by atoms with van der Waals surface area (Å²) in [5.41, 5.74) is 0.365. The summed E-state index contributed by atoms with van der Waals surface area (Å²) >= 11 is 0. The van der Waals surface area contributed by atoms with Crippen LogP contribution in [-0.2, 0) is 30.7 Å². The molecular formula is C21H28FN3O7S. The number of sulfone groups is 1. The molecule has 2 bridgehead atoms. The summed E-state index contributed by atoms with van der Waals surface area (Å²) in [6.07, 6.45) is 3.06. The Balaban J connectivity index is 1.36. The minimum absolute atomic E-state index is 0.00869. The van der Waals surface area contributed by atoms with Crippen molar-refractivity contribution >= 4 is 21.5 Å². The normalized spacial score (nSPS) is 27.8. The van der Waals surface area contributed by atoms with E-state index in [0.29, 0.717) is 31.9 Å². The number of amides is 1. The second-order valence-corrected chi connectivity index (χ2v) is 11.2. The molecule has 3 unspecified atom stereocenters. The fraction of sp³-hybridized carbons (Fsp3) is 0.667. The van der Waals surface area contributed by atoms with Crippen LogP contribution in [0.2, 0.25) is 0 Å². The monoisotopic (exact) mass is 485 g/mol. The predicted octanol–water partition coefficient (Wildman–Crippen LogP) is 2.13. The van der Waals surface area contributed by atoms with Crippen LogP contribution < -0.4 is 0 Å². The number of aromatic nitrogens is 2. The van der Waals surface area contributed by atoms with E-state index in [1.54, 1.807) is 11.0 Å². The van der Waals surface area contributed by atoms with E-state index in [4.69, 9.17) is 18.7 Å². The van der Waals surface area contributed by atoms with Crippen LogP contribution in [0.15, 0.2) is 22.5 Å². The molecule has 1 aliphatic carbocycles. The van der Waals surface area contributed by atoms with Gasteiger partial charge in [0.25, 0.3) is 5.89 Å². The lowest BCUT2D eigenvalue weighted by atomic mass is 9.84. The van der Waals surface area contributed by atoms with Gasteiger partial charge >= 0.3 is 6.09 Å². The summed E-state index contributed by atoms with van der Waals surface area (Å²) < 4.78 is 59.9. The minimum atomic E-state index is -3.53. The molecule has 182 valence electrons. The molecule has 0 radical (unpaired) electrons. The maximum atomic E-state index is 14.2. The number of hydrogen-bond donors (Lipinski definition) is 0. The first-order valence-corrected chi connectivity index (χ1v) is 12.8. The van der Waals surface area contributed by atoms with Gasteiger partial charge in [-0.3, -0.25) is 0 Å². The third-order valence-corrected chi connectivity index (χ3v) is 7.34. The highest BCUT2D eigenvalue weighted by molar-refractivity contribution is 7.91. The average molecular weight is 486 g/mol. The van der Waals surface area contributed by atoms with Crippen LogP contribution in [0.4, 0.5) is 9.18 Å². The maximum Gasteiger partial charge on any atom is 0.410 e. The second-order valence-electron chi connectivity index (χ2n) is 8.93. The van der Waals surface area contributed by atoms with Crippen molar-refractivity contribution in [3.8, 4) is 0 Å². The van der Waals surface area contributed by atoms with Gasteiger partial charge in [0.2, 0.25) is 5.82 Å². The van der Waals surface area contributed by atoms with Crippen molar-refractivity contribution in [2.45, 2.75) is 44.3 Å². The lowest BCUT2D eigenvalue weighted by Gasteiger charge is -2.46. The molecule has 0 spiro atoms. The summed E-state index contributed by atoms with van der Waals surface area (Å²) in [5, 5.41) is 2.69.